The minimum atomic E-state index is -1.46. The molecule has 5 atom stereocenters. The summed E-state index contributed by atoms with van der Waals surface area (Å²) in [5, 5.41) is 61.0. The largest absolute Gasteiger partial charge is 0.478 e. The van der Waals surface area contributed by atoms with Gasteiger partial charge in [0.25, 0.3) is 11.6 Å². The molecule has 0 bridgehead atoms. The number of aromatic carboxylic acids is 2. The number of hydrogen-bond donors (Lipinski definition) is 5. The first-order valence-corrected chi connectivity index (χ1v) is 14.2. The number of fused-ring (bicyclic) bond motifs is 1. The van der Waals surface area contributed by atoms with E-state index in [1.54, 1.807) is 0 Å². The Bertz CT molecular complexity index is 1320. The molecule has 0 aromatic heterocycles. The van der Waals surface area contributed by atoms with Gasteiger partial charge in [0.2, 0.25) is 0 Å². The number of aliphatic hydroxyl groups excluding tert-OH is 3. The SMILES string of the molecule is CC.CC.CC.Cc1c(C(=O)O)c(C)c(-c2ccc(C(=O)N3C4OC(CO)C(O)C(O)C43)c([N+](=O)[O-])c2)c(C)c1C(=O)O. The minimum Gasteiger partial charge on any atom is -0.478 e. The monoisotopic (exact) mass is 606 g/mol. The normalized spacial score (nSPS) is 21.4. The Hall–Kier alpha value is -3.91. The molecule has 5 unspecified atom stereocenters. The van der Waals surface area contributed by atoms with Crippen molar-refractivity contribution in [1.82, 2.24) is 4.90 Å². The Balaban J connectivity index is 0.00000145. The third-order valence-electron chi connectivity index (χ3n) is 7.00. The lowest BCUT2D eigenvalue weighted by Gasteiger charge is -2.28. The fourth-order valence-electron chi connectivity index (χ4n) is 5.24. The van der Waals surface area contributed by atoms with Gasteiger partial charge >= 0.3 is 11.9 Å². The van der Waals surface area contributed by atoms with Crippen molar-refractivity contribution in [2.45, 2.75) is 92.9 Å². The maximum atomic E-state index is 13.2. The van der Waals surface area contributed by atoms with E-state index in [0.29, 0.717) is 0 Å². The molecule has 2 saturated heterocycles. The fraction of sp³-hybridized carbons (Fsp3) is 0.500. The Labute approximate surface area is 250 Å². The summed E-state index contributed by atoms with van der Waals surface area (Å²) in [6.45, 7) is 15.7. The highest BCUT2D eigenvalue weighted by Crippen LogP contribution is 2.43. The number of hydrogen-bond acceptors (Lipinski definition) is 9. The van der Waals surface area contributed by atoms with Crippen LogP contribution in [0.15, 0.2) is 18.2 Å². The maximum Gasteiger partial charge on any atom is 0.336 e. The molecule has 238 valence electrons. The van der Waals surface area contributed by atoms with Crippen LogP contribution in [-0.4, -0.2) is 90.4 Å². The van der Waals surface area contributed by atoms with Crippen molar-refractivity contribution in [2.24, 2.45) is 0 Å². The van der Waals surface area contributed by atoms with Gasteiger partial charge in [-0.05, 0) is 54.7 Å². The maximum absolute atomic E-state index is 13.2. The highest BCUT2D eigenvalue weighted by Gasteiger charge is 2.63. The summed E-state index contributed by atoms with van der Waals surface area (Å²) in [4.78, 5) is 49.2. The number of rotatable bonds is 6. The number of nitrogens with zero attached hydrogens (tertiary/aromatic N) is 2. The number of amides is 1. The van der Waals surface area contributed by atoms with Gasteiger partial charge in [0.15, 0.2) is 6.23 Å². The fourth-order valence-corrected chi connectivity index (χ4v) is 5.24. The zero-order chi connectivity index (χ0) is 33.5. The predicted molar refractivity (Wildman–Crippen MR) is 158 cm³/mol. The van der Waals surface area contributed by atoms with Gasteiger partial charge in [0.1, 0.15) is 29.9 Å². The first-order valence-electron chi connectivity index (χ1n) is 14.2. The van der Waals surface area contributed by atoms with Crippen LogP contribution in [0.1, 0.15) is 89.3 Å². The van der Waals surface area contributed by atoms with Crippen molar-refractivity contribution in [2.75, 3.05) is 6.61 Å². The lowest BCUT2D eigenvalue weighted by Crippen LogP contribution is -2.49. The van der Waals surface area contributed by atoms with Crippen molar-refractivity contribution in [3.8, 4) is 11.1 Å². The summed E-state index contributed by atoms with van der Waals surface area (Å²) in [6, 6.07) is 2.61. The molecule has 0 saturated carbocycles. The second-order valence-corrected chi connectivity index (χ2v) is 9.03. The molecule has 4 rings (SSSR count). The Morgan fingerprint density at radius 3 is 1.79 bits per heavy atom. The number of nitro benzene ring substituents is 1. The molecule has 1 amide bonds. The molecule has 2 aliphatic rings. The van der Waals surface area contributed by atoms with E-state index in [1.807, 2.05) is 41.5 Å². The molecule has 2 aromatic rings. The van der Waals surface area contributed by atoms with E-state index >= 15 is 0 Å². The average Bonchev–Trinajstić information content (AvgIpc) is 3.71. The van der Waals surface area contributed by atoms with Crippen LogP contribution in [0.3, 0.4) is 0 Å². The molecule has 2 fully saturated rings. The summed E-state index contributed by atoms with van der Waals surface area (Å²) < 4.78 is 5.42. The van der Waals surface area contributed by atoms with Crippen LogP contribution in [-0.2, 0) is 4.74 Å². The standard InChI is InChI=1S/C24H24N2O11.3C2H6/c1-8-15(9(2)17(24(33)34)10(3)16(8)23(31)32)11-4-5-12(13(6-11)26(35)36)21(30)25-18-20(29)19(28)14(7-27)37-22(18)25;3*1-2/h4-6,14,18-20,22,27-29H,7H2,1-3H3,(H,31,32)(H,33,34);3*1-2H3. The lowest BCUT2D eigenvalue weighted by atomic mass is 9.84. The van der Waals surface area contributed by atoms with Crippen LogP contribution in [0.25, 0.3) is 11.1 Å². The number of carbonyl (C=O) groups is 3. The molecular weight excluding hydrogens is 564 g/mol. The first kappa shape index (κ1) is 37.1. The number of nitro groups is 1. The van der Waals surface area contributed by atoms with Crippen LogP contribution in [0.2, 0.25) is 0 Å². The van der Waals surface area contributed by atoms with Crippen LogP contribution in [0.5, 0.6) is 0 Å². The Morgan fingerprint density at radius 2 is 1.37 bits per heavy atom. The summed E-state index contributed by atoms with van der Waals surface area (Å²) in [5.74, 6) is -3.56. The van der Waals surface area contributed by atoms with Gasteiger partial charge < -0.3 is 35.2 Å². The van der Waals surface area contributed by atoms with E-state index in [0.717, 1.165) is 17.0 Å². The average molecular weight is 607 g/mol. The minimum absolute atomic E-state index is 0.0473. The van der Waals surface area contributed by atoms with Gasteiger partial charge in [-0.3, -0.25) is 14.9 Å². The smallest absolute Gasteiger partial charge is 0.336 e. The van der Waals surface area contributed by atoms with Crippen LogP contribution < -0.4 is 0 Å². The topological polar surface area (TPSA) is 208 Å². The van der Waals surface area contributed by atoms with Gasteiger partial charge in [-0.15, -0.1) is 0 Å². The van der Waals surface area contributed by atoms with Crippen molar-refractivity contribution in [3.05, 3.63) is 61.7 Å². The third kappa shape index (κ3) is 6.85. The van der Waals surface area contributed by atoms with E-state index in [-0.39, 0.29) is 44.5 Å². The zero-order valence-corrected chi connectivity index (χ0v) is 25.9. The van der Waals surface area contributed by atoms with Crippen molar-refractivity contribution >= 4 is 23.5 Å². The number of carboxylic acid groups (broad SMARTS) is 2. The second-order valence-electron chi connectivity index (χ2n) is 9.03. The van der Waals surface area contributed by atoms with Crippen LogP contribution in [0.4, 0.5) is 5.69 Å². The molecule has 5 N–H and O–H groups in total. The van der Waals surface area contributed by atoms with E-state index < -0.39 is 65.6 Å². The number of benzene rings is 2. The number of ether oxygens (including phenoxy) is 1. The van der Waals surface area contributed by atoms with Gasteiger partial charge in [0.05, 0.1) is 22.7 Å². The Morgan fingerprint density at radius 1 is 0.884 bits per heavy atom. The second kappa shape index (κ2) is 15.5. The molecule has 0 radical (unpaired) electrons. The summed E-state index contributed by atoms with van der Waals surface area (Å²) in [6.07, 6.45) is -5.01. The molecule has 2 aromatic carbocycles. The number of aliphatic hydroxyl groups is 3. The van der Waals surface area contributed by atoms with E-state index in [1.165, 1.54) is 26.8 Å². The van der Waals surface area contributed by atoms with E-state index in [4.69, 9.17) is 4.74 Å². The quantitative estimate of drug-likeness (QED) is 0.181. The summed E-state index contributed by atoms with van der Waals surface area (Å²) in [5.41, 5.74) is -0.687. The van der Waals surface area contributed by atoms with Gasteiger partial charge in [-0.2, -0.15) is 0 Å². The van der Waals surface area contributed by atoms with Gasteiger partial charge in [-0.1, -0.05) is 47.6 Å². The third-order valence-corrected chi connectivity index (χ3v) is 7.00. The zero-order valence-electron chi connectivity index (χ0n) is 25.9. The van der Waals surface area contributed by atoms with Crippen molar-refractivity contribution < 1.29 is 49.6 Å². The molecule has 13 heteroatoms. The predicted octanol–water partition coefficient (Wildman–Crippen LogP) is 3.93. The van der Waals surface area contributed by atoms with Crippen molar-refractivity contribution in [3.63, 3.8) is 0 Å². The number of carbonyl (C=O) groups excluding carboxylic acids is 1. The molecule has 0 aliphatic carbocycles. The van der Waals surface area contributed by atoms with Crippen LogP contribution >= 0.6 is 0 Å². The van der Waals surface area contributed by atoms with E-state index in [9.17, 15) is 50.0 Å². The Kier molecular flexibility index (Phi) is 13.4. The van der Waals surface area contributed by atoms with Crippen LogP contribution in [0, 0.1) is 30.9 Å². The first-order chi connectivity index (χ1) is 20.3. The molecule has 0 spiro atoms. The molecular formula is C30H42N2O11. The molecule has 2 heterocycles. The van der Waals surface area contributed by atoms with E-state index in [2.05, 4.69) is 0 Å². The highest BCUT2D eigenvalue weighted by molar-refractivity contribution is 6.04. The highest BCUT2D eigenvalue weighted by atomic mass is 16.6. The number of carboxylic acids is 2. The lowest BCUT2D eigenvalue weighted by molar-refractivity contribution is -0.385. The molecule has 13 nitrogen and oxygen atoms in total. The molecule has 2 aliphatic heterocycles. The molecule has 43 heavy (non-hydrogen) atoms. The summed E-state index contributed by atoms with van der Waals surface area (Å²) in [7, 11) is 0. The summed E-state index contributed by atoms with van der Waals surface area (Å²) >= 11 is 0. The van der Waals surface area contributed by atoms with Gasteiger partial charge in [-0.25, -0.2) is 9.59 Å². The van der Waals surface area contributed by atoms with Crippen molar-refractivity contribution in [1.29, 1.82) is 0 Å². The van der Waals surface area contributed by atoms with Gasteiger partial charge in [0, 0.05) is 6.07 Å².